The molecule has 0 atom stereocenters. The van der Waals surface area contributed by atoms with Crippen molar-refractivity contribution in [1.82, 2.24) is 19.5 Å². The van der Waals surface area contributed by atoms with Crippen LogP contribution in [0.25, 0.3) is 95.0 Å². The van der Waals surface area contributed by atoms with Gasteiger partial charge in [0.2, 0.25) is 0 Å². The maximum atomic E-state index is 5.26. The lowest BCUT2D eigenvalue weighted by Gasteiger charge is -2.17. The van der Waals surface area contributed by atoms with Gasteiger partial charge in [-0.2, -0.15) is 0 Å². The zero-order valence-electron chi connectivity index (χ0n) is 29.9. The van der Waals surface area contributed by atoms with Crippen LogP contribution in [-0.4, -0.2) is 19.5 Å². The molecule has 0 bridgehead atoms. The molecule has 4 heteroatoms. The maximum absolute atomic E-state index is 5.26. The zero-order chi connectivity index (χ0) is 36.6. The number of aromatic nitrogens is 4. The minimum atomic E-state index is 0.607. The molecule has 0 aliphatic rings. The first-order valence-corrected chi connectivity index (χ1v) is 18.5. The van der Waals surface area contributed by atoms with Gasteiger partial charge in [-0.25, -0.2) is 15.0 Å². The second-order valence-corrected chi connectivity index (χ2v) is 13.6. The Labute approximate surface area is 319 Å². The lowest BCUT2D eigenvalue weighted by atomic mass is 9.93. The number of fused-ring (bicyclic) bond motifs is 3. The second-order valence-electron chi connectivity index (χ2n) is 13.6. The van der Waals surface area contributed by atoms with Gasteiger partial charge in [-0.1, -0.05) is 182 Å². The summed E-state index contributed by atoms with van der Waals surface area (Å²) in [5, 5.41) is 2.39. The molecule has 8 aromatic carbocycles. The van der Waals surface area contributed by atoms with Crippen molar-refractivity contribution in [2.24, 2.45) is 0 Å². The van der Waals surface area contributed by atoms with Crippen LogP contribution in [0.5, 0.6) is 0 Å². The van der Waals surface area contributed by atoms with Crippen molar-refractivity contribution in [1.29, 1.82) is 0 Å². The molecular formula is C51H34N4. The highest BCUT2D eigenvalue weighted by Gasteiger charge is 2.21. The van der Waals surface area contributed by atoms with E-state index in [1.54, 1.807) is 0 Å². The van der Waals surface area contributed by atoms with Crippen molar-refractivity contribution in [3.05, 3.63) is 206 Å². The smallest absolute Gasteiger partial charge is 0.166 e. The normalized spacial score (nSPS) is 11.3. The molecule has 2 heterocycles. The van der Waals surface area contributed by atoms with Crippen LogP contribution in [0.15, 0.2) is 206 Å². The number of para-hydroxylation sites is 2. The summed E-state index contributed by atoms with van der Waals surface area (Å²) in [6.45, 7) is 0. The van der Waals surface area contributed by atoms with Crippen LogP contribution in [0.4, 0.5) is 0 Å². The van der Waals surface area contributed by atoms with Gasteiger partial charge in [0.1, 0.15) is 0 Å². The van der Waals surface area contributed by atoms with Crippen LogP contribution in [0.1, 0.15) is 0 Å². The third kappa shape index (κ3) is 5.96. The summed E-state index contributed by atoms with van der Waals surface area (Å²) in [4.78, 5) is 15.6. The van der Waals surface area contributed by atoms with Crippen LogP contribution in [0.3, 0.4) is 0 Å². The number of hydrogen-bond acceptors (Lipinski definition) is 3. The molecule has 0 radical (unpaired) electrons. The topological polar surface area (TPSA) is 43.6 Å². The fourth-order valence-electron chi connectivity index (χ4n) is 7.64. The number of hydrogen-bond donors (Lipinski definition) is 0. The molecule has 0 saturated carbocycles. The minimum Gasteiger partial charge on any atom is -0.308 e. The van der Waals surface area contributed by atoms with E-state index < -0.39 is 0 Å². The predicted octanol–water partition coefficient (Wildman–Crippen LogP) is 13.0. The fourth-order valence-corrected chi connectivity index (χ4v) is 7.64. The summed E-state index contributed by atoms with van der Waals surface area (Å²) in [6, 6.07) is 72.2. The molecule has 0 unspecified atom stereocenters. The van der Waals surface area contributed by atoms with Crippen LogP contribution < -0.4 is 0 Å². The van der Waals surface area contributed by atoms with E-state index in [0.717, 1.165) is 50.1 Å². The van der Waals surface area contributed by atoms with Gasteiger partial charge >= 0.3 is 0 Å². The maximum Gasteiger partial charge on any atom is 0.166 e. The minimum absolute atomic E-state index is 0.607. The molecule has 10 aromatic rings. The molecule has 0 amide bonds. The lowest BCUT2D eigenvalue weighted by molar-refractivity contribution is 1.06. The van der Waals surface area contributed by atoms with E-state index in [9.17, 15) is 0 Å². The van der Waals surface area contributed by atoms with Gasteiger partial charge in [-0.05, 0) is 57.6 Å². The largest absolute Gasteiger partial charge is 0.308 e. The van der Waals surface area contributed by atoms with Crippen LogP contribution in [0, 0.1) is 0 Å². The van der Waals surface area contributed by atoms with Crippen molar-refractivity contribution >= 4 is 21.8 Å². The van der Waals surface area contributed by atoms with Gasteiger partial charge in [0.05, 0.1) is 16.7 Å². The molecule has 4 nitrogen and oxygen atoms in total. The molecule has 0 fully saturated rings. The van der Waals surface area contributed by atoms with E-state index in [1.165, 1.54) is 27.5 Å². The Bertz CT molecular complexity index is 2900. The number of rotatable bonds is 7. The molecule has 258 valence electrons. The Morgan fingerprint density at radius 2 is 0.673 bits per heavy atom. The Balaban J connectivity index is 1.23. The van der Waals surface area contributed by atoms with Gasteiger partial charge in [0.15, 0.2) is 17.5 Å². The van der Waals surface area contributed by atoms with Crippen molar-refractivity contribution in [2.45, 2.75) is 0 Å². The number of nitrogens with zero attached hydrogens (tertiary/aromatic N) is 4. The molecule has 0 spiro atoms. The average Bonchev–Trinajstić information content (AvgIpc) is 3.61. The van der Waals surface area contributed by atoms with Crippen LogP contribution >= 0.6 is 0 Å². The molecule has 55 heavy (non-hydrogen) atoms. The fraction of sp³-hybridized carbons (Fsp3) is 0. The summed E-state index contributed by atoms with van der Waals surface area (Å²) < 4.78 is 2.37. The highest BCUT2D eigenvalue weighted by Crippen LogP contribution is 2.40. The summed E-state index contributed by atoms with van der Waals surface area (Å²) in [5.74, 6) is 1.85. The molecule has 0 aliphatic carbocycles. The molecular weight excluding hydrogens is 669 g/mol. The van der Waals surface area contributed by atoms with E-state index >= 15 is 0 Å². The number of benzene rings is 8. The Morgan fingerprint density at radius 1 is 0.273 bits per heavy atom. The van der Waals surface area contributed by atoms with Gasteiger partial charge in [0, 0.05) is 27.5 Å². The Hall–Kier alpha value is -7.43. The highest BCUT2D eigenvalue weighted by atomic mass is 15.1. The Kier molecular flexibility index (Phi) is 8.12. The summed E-state index contributed by atoms with van der Waals surface area (Å²) >= 11 is 0. The second kappa shape index (κ2) is 13.8. The lowest BCUT2D eigenvalue weighted by Crippen LogP contribution is -2.04. The summed E-state index contributed by atoms with van der Waals surface area (Å²) in [6.07, 6.45) is 0. The van der Waals surface area contributed by atoms with E-state index in [-0.39, 0.29) is 0 Å². The van der Waals surface area contributed by atoms with E-state index in [1.807, 2.05) is 24.3 Å². The first kappa shape index (κ1) is 32.2. The molecule has 10 rings (SSSR count). The van der Waals surface area contributed by atoms with Crippen molar-refractivity contribution in [3.8, 4) is 73.2 Å². The van der Waals surface area contributed by atoms with Crippen molar-refractivity contribution in [3.63, 3.8) is 0 Å². The summed E-state index contributed by atoms with van der Waals surface area (Å²) in [7, 11) is 0. The first-order chi connectivity index (χ1) is 27.3. The zero-order valence-corrected chi connectivity index (χ0v) is 29.9. The standard InChI is InChI=1S/C51H34N4/c1-4-16-35(17-5-1)36-28-30-39(31-29-36)50-52-49(38-20-8-3-9-21-38)53-51(54-50)45-33-32-40(42-23-11-10-22-41(42)37-18-6-2-7-19-37)34-48(45)55-46-26-14-12-24-43(46)44-25-13-15-27-47(44)55/h1-34H. The van der Waals surface area contributed by atoms with Crippen LogP contribution in [0.2, 0.25) is 0 Å². The molecule has 0 saturated heterocycles. The monoisotopic (exact) mass is 702 g/mol. The first-order valence-electron chi connectivity index (χ1n) is 18.5. The van der Waals surface area contributed by atoms with Crippen molar-refractivity contribution in [2.75, 3.05) is 0 Å². The van der Waals surface area contributed by atoms with Gasteiger partial charge < -0.3 is 4.57 Å². The van der Waals surface area contributed by atoms with Gasteiger partial charge in [-0.3, -0.25) is 0 Å². The van der Waals surface area contributed by atoms with E-state index in [2.05, 4.69) is 187 Å². The highest BCUT2D eigenvalue weighted by molar-refractivity contribution is 6.10. The van der Waals surface area contributed by atoms with Gasteiger partial charge in [-0.15, -0.1) is 0 Å². The third-order valence-corrected chi connectivity index (χ3v) is 10.3. The van der Waals surface area contributed by atoms with E-state index in [0.29, 0.717) is 17.5 Å². The van der Waals surface area contributed by atoms with Crippen molar-refractivity contribution < 1.29 is 0 Å². The van der Waals surface area contributed by atoms with E-state index in [4.69, 9.17) is 15.0 Å². The third-order valence-electron chi connectivity index (χ3n) is 10.3. The predicted molar refractivity (Wildman–Crippen MR) is 227 cm³/mol. The molecule has 0 aliphatic heterocycles. The summed E-state index contributed by atoms with van der Waals surface area (Å²) in [5.41, 5.74) is 12.9. The quantitative estimate of drug-likeness (QED) is 0.166. The Morgan fingerprint density at radius 3 is 1.27 bits per heavy atom. The van der Waals surface area contributed by atoms with Crippen LogP contribution in [-0.2, 0) is 0 Å². The molecule has 2 aromatic heterocycles. The molecule has 0 N–H and O–H groups in total. The SMILES string of the molecule is c1ccc(-c2ccc(-c3nc(-c4ccccc4)nc(-c4ccc(-c5ccccc5-c5ccccc5)cc4-n4c5ccccc5c5ccccc54)n3)cc2)cc1. The average molecular weight is 703 g/mol. The van der Waals surface area contributed by atoms with Gasteiger partial charge in [0.25, 0.3) is 0 Å².